The predicted molar refractivity (Wildman–Crippen MR) is 90.6 cm³/mol. The molecule has 0 radical (unpaired) electrons. The first-order chi connectivity index (χ1) is 12.0. The van der Waals surface area contributed by atoms with E-state index >= 15 is 0 Å². The number of amides is 3. The standard InChI is InChI=1S/C18H23N3O4/c1-13(22)19-12-16(23)20-10-3-11-21(20)17(24)18(8-9-18)14-4-6-15(25-2)7-5-14/h4-7H,3,8-12H2,1-2H3,(H,19,22). The SMILES string of the molecule is COc1ccc(C2(C(=O)N3CCCN3C(=O)CNC(C)=O)CC2)cc1. The van der Waals surface area contributed by atoms with Gasteiger partial charge in [-0.2, -0.15) is 0 Å². The zero-order valence-electron chi connectivity index (χ0n) is 14.6. The monoisotopic (exact) mass is 345 g/mol. The molecule has 1 aliphatic carbocycles. The minimum Gasteiger partial charge on any atom is -0.497 e. The fourth-order valence-corrected chi connectivity index (χ4v) is 3.28. The van der Waals surface area contributed by atoms with E-state index in [2.05, 4.69) is 5.32 Å². The molecule has 1 saturated carbocycles. The minimum atomic E-state index is -0.539. The van der Waals surface area contributed by atoms with E-state index in [0.29, 0.717) is 13.1 Å². The number of carbonyl (C=O) groups is 3. The van der Waals surface area contributed by atoms with Gasteiger partial charge in [0.25, 0.3) is 11.8 Å². The molecule has 134 valence electrons. The molecule has 3 rings (SSSR count). The maximum Gasteiger partial charge on any atom is 0.260 e. The maximum atomic E-state index is 13.2. The predicted octanol–water partition coefficient (Wildman–Crippen LogP) is 0.839. The number of nitrogens with zero attached hydrogens (tertiary/aromatic N) is 2. The van der Waals surface area contributed by atoms with Crippen LogP contribution < -0.4 is 10.1 Å². The number of nitrogens with one attached hydrogen (secondary N) is 1. The van der Waals surface area contributed by atoms with E-state index in [0.717, 1.165) is 30.6 Å². The van der Waals surface area contributed by atoms with Crippen LogP contribution in [0.15, 0.2) is 24.3 Å². The van der Waals surface area contributed by atoms with Gasteiger partial charge in [-0.05, 0) is 37.0 Å². The normalized spacial score (nSPS) is 18.0. The lowest BCUT2D eigenvalue weighted by molar-refractivity contribution is -0.159. The molecule has 0 bridgehead atoms. The fraction of sp³-hybridized carbons (Fsp3) is 0.500. The molecule has 3 amide bonds. The van der Waals surface area contributed by atoms with Crippen LogP contribution in [-0.2, 0) is 19.8 Å². The van der Waals surface area contributed by atoms with Crippen molar-refractivity contribution in [3.63, 3.8) is 0 Å². The first-order valence-electron chi connectivity index (χ1n) is 8.49. The van der Waals surface area contributed by atoms with Crippen molar-refractivity contribution in [3.05, 3.63) is 29.8 Å². The second-order valence-electron chi connectivity index (χ2n) is 6.52. The van der Waals surface area contributed by atoms with Gasteiger partial charge in [-0.25, -0.2) is 5.01 Å². The first kappa shape index (κ1) is 17.3. The van der Waals surface area contributed by atoms with Crippen LogP contribution in [0.5, 0.6) is 5.75 Å². The first-order valence-corrected chi connectivity index (χ1v) is 8.49. The number of methoxy groups -OCH3 is 1. The topological polar surface area (TPSA) is 79.0 Å². The lowest BCUT2D eigenvalue weighted by atomic mass is 9.94. The van der Waals surface area contributed by atoms with Crippen LogP contribution in [0.3, 0.4) is 0 Å². The summed E-state index contributed by atoms with van der Waals surface area (Å²) in [6.45, 7) is 2.31. The number of benzene rings is 1. The number of hydrogen-bond donors (Lipinski definition) is 1. The van der Waals surface area contributed by atoms with Crippen molar-refractivity contribution in [1.82, 2.24) is 15.3 Å². The Hall–Kier alpha value is -2.57. The maximum absolute atomic E-state index is 13.2. The largest absolute Gasteiger partial charge is 0.497 e. The van der Waals surface area contributed by atoms with Crippen LogP contribution in [0.25, 0.3) is 0 Å². The summed E-state index contributed by atoms with van der Waals surface area (Å²) in [6.07, 6.45) is 2.31. The average molecular weight is 345 g/mol. The highest BCUT2D eigenvalue weighted by Crippen LogP contribution is 2.50. The highest BCUT2D eigenvalue weighted by molar-refractivity contribution is 5.93. The van der Waals surface area contributed by atoms with E-state index < -0.39 is 5.41 Å². The molecule has 2 aliphatic rings. The fourth-order valence-electron chi connectivity index (χ4n) is 3.28. The second kappa shape index (κ2) is 6.74. The van der Waals surface area contributed by atoms with Gasteiger partial charge in [-0.3, -0.25) is 19.4 Å². The summed E-state index contributed by atoms with van der Waals surface area (Å²) in [7, 11) is 1.61. The summed E-state index contributed by atoms with van der Waals surface area (Å²) in [4.78, 5) is 36.5. The molecule has 1 aromatic carbocycles. The Morgan fingerprint density at radius 3 is 2.32 bits per heavy atom. The molecule has 25 heavy (non-hydrogen) atoms. The quantitative estimate of drug-likeness (QED) is 0.858. The van der Waals surface area contributed by atoms with Crippen LogP contribution in [0.2, 0.25) is 0 Å². The molecule has 0 atom stereocenters. The molecule has 1 aliphatic heterocycles. The third-order valence-corrected chi connectivity index (χ3v) is 4.84. The van der Waals surface area contributed by atoms with E-state index in [1.807, 2.05) is 24.3 Å². The van der Waals surface area contributed by atoms with Crippen LogP contribution >= 0.6 is 0 Å². The Bertz CT molecular complexity index is 682. The summed E-state index contributed by atoms with van der Waals surface area (Å²) in [5, 5.41) is 5.53. The summed E-state index contributed by atoms with van der Waals surface area (Å²) in [5.41, 5.74) is 0.419. The molecule has 7 nitrogen and oxygen atoms in total. The van der Waals surface area contributed by atoms with Gasteiger partial charge in [0.1, 0.15) is 5.75 Å². The highest BCUT2D eigenvalue weighted by Gasteiger charge is 2.54. The van der Waals surface area contributed by atoms with Crippen molar-refractivity contribution in [1.29, 1.82) is 0 Å². The number of hydrogen-bond acceptors (Lipinski definition) is 4. The molecule has 1 N–H and O–H groups in total. The molecule has 1 saturated heterocycles. The smallest absolute Gasteiger partial charge is 0.260 e. The zero-order chi connectivity index (χ0) is 18.0. The van der Waals surface area contributed by atoms with Gasteiger partial charge >= 0.3 is 0 Å². The van der Waals surface area contributed by atoms with Gasteiger partial charge in [-0.15, -0.1) is 0 Å². The van der Waals surface area contributed by atoms with Gasteiger partial charge in [0.2, 0.25) is 5.91 Å². The lowest BCUT2D eigenvalue weighted by Gasteiger charge is -2.31. The molecular formula is C18H23N3O4. The van der Waals surface area contributed by atoms with E-state index in [1.54, 1.807) is 12.1 Å². The molecule has 7 heteroatoms. The van der Waals surface area contributed by atoms with Crippen molar-refractivity contribution in [2.24, 2.45) is 0 Å². The third kappa shape index (κ3) is 3.31. The number of ether oxygens (including phenoxy) is 1. The van der Waals surface area contributed by atoms with Crippen LogP contribution in [0.4, 0.5) is 0 Å². The molecule has 0 spiro atoms. The second-order valence-corrected chi connectivity index (χ2v) is 6.52. The van der Waals surface area contributed by atoms with Gasteiger partial charge in [0.15, 0.2) is 0 Å². The van der Waals surface area contributed by atoms with E-state index in [1.165, 1.54) is 11.9 Å². The molecular weight excluding hydrogens is 322 g/mol. The van der Waals surface area contributed by atoms with Gasteiger partial charge < -0.3 is 10.1 Å². The van der Waals surface area contributed by atoms with E-state index in [9.17, 15) is 14.4 Å². The summed E-state index contributed by atoms with van der Waals surface area (Å²) in [6, 6.07) is 7.55. The van der Waals surface area contributed by atoms with Crippen LogP contribution in [0, 0.1) is 0 Å². The zero-order valence-corrected chi connectivity index (χ0v) is 14.6. The Kier molecular flexibility index (Phi) is 4.65. The van der Waals surface area contributed by atoms with Gasteiger partial charge in [0.05, 0.1) is 19.1 Å². The van der Waals surface area contributed by atoms with Gasteiger partial charge in [-0.1, -0.05) is 12.1 Å². The van der Waals surface area contributed by atoms with Crippen LogP contribution in [0.1, 0.15) is 31.7 Å². The molecule has 1 aromatic rings. The van der Waals surface area contributed by atoms with Crippen LogP contribution in [-0.4, -0.2) is 54.5 Å². The summed E-state index contributed by atoms with van der Waals surface area (Å²) >= 11 is 0. The average Bonchev–Trinajstić information content (AvgIpc) is 3.28. The highest BCUT2D eigenvalue weighted by atomic mass is 16.5. The van der Waals surface area contributed by atoms with Crippen molar-refractivity contribution in [2.45, 2.75) is 31.6 Å². The number of rotatable bonds is 5. The molecule has 0 unspecified atom stereocenters. The Balaban J connectivity index is 1.74. The third-order valence-electron chi connectivity index (χ3n) is 4.84. The minimum absolute atomic E-state index is 0.0358. The van der Waals surface area contributed by atoms with E-state index in [4.69, 9.17) is 4.74 Å². The Morgan fingerprint density at radius 1 is 1.12 bits per heavy atom. The summed E-state index contributed by atoms with van der Waals surface area (Å²) in [5.74, 6) is 0.195. The molecule has 2 fully saturated rings. The van der Waals surface area contributed by atoms with Crippen molar-refractivity contribution < 1.29 is 19.1 Å². The number of hydrazine groups is 1. The Morgan fingerprint density at radius 2 is 1.76 bits per heavy atom. The summed E-state index contributed by atoms with van der Waals surface area (Å²) < 4.78 is 5.17. The Labute approximate surface area is 146 Å². The van der Waals surface area contributed by atoms with Crippen molar-refractivity contribution in [2.75, 3.05) is 26.7 Å². The molecule has 0 aromatic heterocycles. The molecule has 1 heterocycles. The lowest BCUT2D eigenvalue weighted by Crippen LogP contribution is -2.51. The number of carbonyl (C=O) groups excluding carboxylic acids is 3. The van der Waals surface area contributed by atoms with Crippen molar-refractivity contribution >= 4 is 17.7 Å². The van der Waals surface area contributed by atoms with E-state index in [-0.39, 0.29) is 24.3 Å². The van der Waals surface area contributed by atoms with Gasteiger partial charge in [0, 0.05) is 20.0 Å². The van der Waals surface area contributed by atoms with Crippen molar-refractivity contribution in [3.8, 4) is 5.75 Å².